The van der Waals surface area contributed by atoms with Gasteiger partial charge in [0.25, 0.3) is 0 Å². The molecular formula is C12H23N3. The molecule has 0 atom stereocenters. The van der Waals surface area contributed by atoms with Gasteiger partial charge in [0.1, 0.15) is 5.84 Å². The summed E-state index contributed by atoms with van der Waals surface area (Å²) >= 11 is 0. The van der Waals surface area contributed by atoms with Gasteiger partial charge in [0.15, 0.2) is 0 Å². The van der Waals surface area contributed by atoms with E-state index < -0.39 is 0 Å². The number of nitrogens with two attached hydrogens (primary N) is 1. The van der Waals surface area contributed by atoms with Gasteiger partial charge < -0.3 is 11.1 Å². The van der Waals surface area contributed by atoms with Crippen molar-refractivity contribution in [1.29, 1.82) is 0 Å². The SMILES string of the molecule is CC(C)C1CCC(N)(C2=NCCN2)CC1. The lowest BCUT2D eigenvalue weighted by atomic mass is 9.73. The van der Waals surface area contributed by atoms with Crippen molar-refractivity contribution in [2.45, 2.75) is 45.1 Å². The second kappa shape index (κ2) is 4.12. The number of hydrogen-bond acceptors (Lipinski definition) is 3. The summed E-state index contributed by atoms with van der Waals surface area (Å²) in [6.45, 7) is 6.52. The van der Waals surface area contributed by atoms with E-state index in [0.29, 0.717) is 0 Å². The number of nitrogens with zero attached hydrogens (tertiary/aromatic N) is 1. The fourth-order valence-corrected chi connectivity index (χ4v) is 2.79. The van der Waals surface area contributed by atoms with Gasteiger partial charge in [-0.3, -0.25) is 4.99 Å². The van der Waals surface area contributed by atoms with Crippen molar-refractivity contribution in [1.82, 2.24) is 5.32 Å². The molecule has 0 spiro atoms. The number of hydrogen-bond donors (Lipinski definition) is 2. The lowest BCUT2D eigenvalue weighted by Crippen LogP contribution is -2.54. The molecule has 2 aliphatic rings. The quantitative estimate of drug-likeness (QED) is 0.724. The van der Waals surface area contributed by atoms with Crippen LogP contribution >= 0.6 is 0 Å². The average molecular weight is 209 g/mol. The topological polar surface area (TPSA) is 50.4 Å². The van der Waals surface area contributed by atoms with Gasteiger partial charge in [-0.1, -0.05) is 13.8 Å². The van der Waals surface area contributed by atoms with Gasteiger partial charge in [-0.2, -0.15) is 0 Å². The molecule has 0 saturated heterocycles. The normalized spacial score (nSPS) is 36.5. The number of amidine groups is 1. The van der Waals surface area contributed by atoms with Crippen molar-refractivity contribution in [2.75, 3.05) is 13.1 Å². The Morgan fingerprint density at radius 2 is 2.07 bits per heavy atom. The smallest absolute Gasteiger partial charge is 0.117 e. The zero-order valence-corrected chi connectivity index (χ0v) is 9.92. The Balaban J connectivity index is 1.96. The molecule has 1 saturated carbocycles. The molecule has 15 heavy (non-hydrogen) atoms. The summed E-state index contributed by atoms with van der Waals surface area (Å²) in [6, 6.07) is 0. The summed E-state index contributed by atoms with van der Waals surface area (Å²) in [5, 5.41) is 3.34. The first kappa shape index (κ1) is 10.9. The first-order valence-electron chi connectivity index (χ1n) is 6.19. The fraction of sp³-hybridized carbons (Fsp3) is 0.917. The van der Waals surface area contributed by atoms with E-state index in [1.165, 1.54) is 12.8 Å². The maximum Gasteiger partial charge on any atom is 0.117 e. The molecule has 1 fully saturated rings. The van der Waals surface area contributed by atoms with Gasteiger partial charge >= 0.3 is 0 Å². The molecule has 2 rings (SSSR count). The highest BCUT2D eigenvalue weighted by Gasteiger charge is 2.37. The molecular weight excluding hydrogens is 186 g/mol. The van der Waals surface area contributed by atoms with Crippen molar-refractivity contribution in [3.8, 4) is 0 Å². The summed E-state index contributed by atoms with van der Waals surface area (Å²) in [5.41, 5.74) is 6.30. The standard InChI is InChI=1S/C12H23N3/c1-9(2)10-3-5-12(13,6-4-10)11-14-7-8-15-11/h9-10H,3-8,13H2,1-2H3,(H,14,15). The Morgan fingerprint density at radius 3 is 2.53 bits per heavy atom. The minimum atomic E-state index is -0.137. The Kier molecular flexibility index (Phi) is 3.01. The van der Waals surface area contributed by atoms with Crippen LogP contribution in [0.3, 0.4) is 0 Å². The number of aliphatic imine (C=N–C) groups is 1. The van der Waals surface area contributed by atoms with Crippen molar-refractivity contribution in [3.05, 3.63) is 0 Å². The molecule has 3 nitrogen and oxygen atoms in total. The van der Waals surface area contributed by atoms with Gasteiger partial charge in [-0.25, -0.2) is 0 Å². The molecule has 0 bridgehead atoms. The molecule has 0 unspecified atom stereocenters. The summed E-state index contributed by atoms with van der Waals surface area (Å²) in [6.07, 6.45) is 4.72. The van der Waals surface area contributed by atoms with E-state index in [0.717, 1.165) is 43.6 Å². The van der Waals surface area contributed by atoms with E-state index in [1.807, 2.05) is 0 Å². The third kappa shape index (κ3) is 2.17. The fourth-order valence-electron chi connectivity index (χ4n) is 2.79. The van der Waals surface area contributed by atoms with Crippen molar-refractivity contribution >= 4 is 5.84 Å². The first-order chi connectivity index (χ1) is 7.12. The lowest BCUT2D eigenvalue weighted by molar-refractivity contribution is 0.233. The zero-order valence-electron chi connectivity index (χ0n) is 9.92. The van der Waals surface area contributed by atoms with E-state index in [1.54, 1.807) is 0 Å². The van der Waals surface area contributed by atoms with E-state index in [9.17, 15) is 0 Å². The minimum absolute atomic E-state index is 0.137. The lowest BCUT2D eigenvalue weighted by Gasteiger charge is -2.38. The van der Waals surface area contributed by atoms with Crippen LogP contribution in [0.2, 0.25) is 0 Å². The highest BCUT2D eigenvalue weighted by atomic mass is 15.1. The summed E-state index contributed by atoms with van der Waals surface area (Å²) in [4.78, 5) is 4.48. The van der Waals surface area contributed by atoms with Crippen LogP contribution < -0.4 is 11.1 Å². The molecule has 0 aromatic rings. The van der Waals surface area contributed by atoms with Crippen molar-refractivity contribution in [3.63, 3.8) is 0 Å². The molecule has 0 radical (unpaired) electrons. The first-order valence-corrected chi connectivity index (χ1v) is 6.19. The second-order valence-corrected chi connectivity index (χ2v) is 5.39. The van der Waals surface area contributed by atoms with Crippen LogP contribution in [-0.2, 0) is 0 Å². The van der Waals surface area contributed by atoms with Crippen LogP contribution in [0, 0.1) is 11.8 Å². The maximum atomic E-state index is 6.43. The van der Waals surface area contributed by atoms with E-state index in [2.05, 4.69) is 24.2 Å². The predicted octanol–water partition coefficient (Wildman–Crippen LogP) is 1.53. The molecule has 1 aliphatic carbocycles. The Labute approximate surface area is 92.5 Å². The highest BCUT2D eigenvalue weighted by Crippen LogP contribution is 2.35. The van der Waals surface area contributed by atoms with Gasteiger partial charge in [0, 0.05) is 6.54 Å². The monoisotopic (exact) mass is 209 g/mol. The van der Waals surface area contributed by atoms with Crippen LogP contribution in [0.25, 0.3) is 0 Å². The average Bonchev–Trinajstić information content (AvgIpc) is 2.71. The van der Waals surface area contributed by atoms with E-state index in [-0.39, 0.29) is 5.54 Å². The summed E-state index contributed by atoms with van der Waals surface area (Å²) < 4.78 is 0. The molecule has 86 valence electrons. The maximum absolute atomic E-state index is 6.43. The second-order valence-electron chi connectivity index (χ2n) is 5.39. The van der Waals surface area contributed by atoms with Gasteiger partial charge in [-0.15, -0.1) is 0 Å². The van der Waals surface area contributed by atoms with Crippen LogP contribution in [0.15, 0.2) is 4.99 Å². The third-order valence-electron chi connectivity index (χ3n) is 4.01. The summed E-state index contributed by atoms with van der Waals surface area (Å²) in [7, 11) is 0. The minimum Gasteiger partial charge on any atom is -0.370 e. The van der Waals surface area contributed by atoms with E-state index in [4.69, 9.17) is 5.73 Å². The molecule has 0 amide bonds. The molecule has 0 aromatic carbocycles. The van der Waals surface area contributed by atoms with Crippen molar-refractivity contribution < 1.29 is 0 Å². The largest absolute Gasteiger partial charge is 0.370 e. The van der Waals surface area contributed by atoms with Gasteiger partial charge in [0.05, 0.1) is 12.1 Å². The van der Waals surface area contributed by atoms with Crippen molar-refractivity contribution in [2.24, 2.45) is 22.6 Å². The Bertz CT molecular complexity index is 250. The zero-order chi connectivity index (χ0) is 10.9. The third-order valence-corrected chi connectivity index (χ3v) is 4.01. The van der Waals surface area contributed by atoms with Crippen LogP contribution in [-0.4, -0.2) is 24.5 Å². The van der Waals surface area contributed by atoms with Crippen LogP contribution in [0.5, 0.6) is 0 Å². The molecule has 3 N–H and O–H groups in total. The van der Waals surface area contributed by atoms with Crippen LogP contribution in [0.4, 0.5) is 0 Å². The van der Waals surface area contributed by atoms with Gasteiger partial charge in [-0.05, 0) is 37.5 Å². The van der Waals surface area contributed by atoms with Gasteiger partial charge in [0.2, 0.25) is 0 Å². The molecule has 1 heterocycles. The molecule has 0 aromatic heterocycles. The summed E-state index contributed by atoms with van der Waals surface area (Å²) in [5.74, 6) is 2.74. The predicted molar refractivity (Wildman–Crippen MR) is 64.0 cm³/mol. The highest BCUT2D eigenvalue weighted by molar-refractivity contribution is 5.92. The number of rotatable bonds is 2. The van der Waals surface area contributed by atoms with Crippen LogP contribution in [0.1, 0.15) is 39.5 Å². The molecule has 1 aliphatic heterocycles. The Morgan fingerprint density at radius 1 is 1.40 bits per heavy atom. The van der Waals surface area contributed by atoms with E-state index >= 15 is 0 Å². The molecule has 3 heteroatoms. The number of nitrogens with one attached hydrogen (secondary N) is 1. The Hall–Kier alpha value is -0.570.